The molecule has 1 rings (SSSR count). The molecule has 0 atom stereocenters. The number of hydrogen-bond donors (Lipinski definition) is 0. The van der Waals surface area contributed by atoms with Crippen LogP contribution in [0.15, 0.2) is 29.7 Å². The van der Waals surface area contributed by atoms with Gasteiger partial charge in [0.1, 0.15) is 6.29 Å². The van der Waals surface area contributed by atoms with Crippen molar-refractivity contribution in [1.82, 2.24) is 0 Å². The second-order valence-corrected chi connectivity index (χ2v) is 4.85. The minimum absolute atomic E-state index is 0.571. The van der Waals surface area contributed by atoms with E-state index >= 15 is 0 Å². The Kier molecular flexibility index (Phi) is 3.19. The van der Waals surface area contributed by atoms with E-state index in [2.05, 4.69) is 0 Å². The van der Waals surface area contributed by atoms with E-state index in [1.807, 2.05) is 0 Å². The van der Waals surface area contributed by atoms with Gasteiger partial charge < -0.3 is 0 Å². The lowest BCUT2D eigenvalue weighted by atomic mass is 10.1. The van der Waals surface area contributed by atoms with Gasteiger partial charge in [-0.1, -0.05) is 24.3 Å². The Balaban J connectivity index is 2.89. The molecule has 0 aliphatic heterocycles. The molecule has 1 aromatic rings. The number of carbonyl (C=O) groups is 1. The molecule has 0 saturated carbocycles. The van der Waals surface area contributed by atoms with Crippen molar-refractivity contribution >= 4 is 22.2 Å². The molecule has 0 unspecified atom stereocenters. The van der Waals surface area contributed by atoms with Crippen molar-refractivity contribution in [3.8, 4) is 0 Å². The molecule has 0 spiro atoms. The van der Waals surface area contributed by atoms with E-state index in [9.17, 15) is 13.2 Å². The average Bonchev–Trinajstić information content (AvgIpc) is 2.14. The van der Waals surface area contributed by atoms with Gasteiger partial charge in [-0.15, -0.1) is 0 Å². The molecule has 0 aliphatic carbocycles. The predicted octanol–water partition coefficient (Wildman–Crippen LogP) is 1.51. The zero-order valence-electron chi connectivity index (χ0n) is 7.67. The third-order valence-corrected chi connectivity index (χ3v) is 2.21. The quantitative estimate of drug-likeness (QED) is 0.710. The Morgan fingerprint density at radius 1 is 1.07 bits per heavy atom. The summed E-state index contributed by atoms with van der Waals surface area (Å²) in [7, 11) is -3.09. The first-order valence-corrected chi connectivity index (χ1v) is 5.90. The molecule has 0 aliphatic rings. The lowest BCUT2D eigenvalue weighted by Gasteiger charge is -1.93. The highest BCUT2D eigenvalue weighted by molar-refractivity contribution is 7.93. The van der Waals surface area contributed by atoms with E-state index < -0.39 is 9.84 Å². The number of benzene rings is 1. The average molecular weight is 210 g/mol. The van der Waals surface area contributed by atoms with Crippen molar-refractivity contribution in [2.24, 2.45) is 0 Å². The monoisotopic (exact) mass is 210 g/mol. The Morgan fingerprint density at radius 2 is 1.57 bits per heavy atom. The van der Waals surface area contributed by atoms with Gasteiger partial charge in [0.15, 0.2) is 9.84 Å². The van der Waals surface area contributed by atoms with Crippen LogP contribution in [-0.4, -0.2) is 21.0 Å². The van der Waals surface area contributed by atoms with Crippen LogP contribution in [-0.2, 0) is 9.84 Å². The number of aldehydes is 1. The van der Waals surface area contributed by atoms with Crippen molar-refractivity contribution < 1.29 is 13.2 Å². The summed E-state index contributed by atoms with van der Waals surface area (Å²) in [5.41, 5.74) is 1.32. The van der Waals surface area contributed by atoms with Crippen LogP contribution in [0.3, 0.4) is 0 Å². The van der Waals surface area contributed by atoms with Crippen LogP contribution in [0.25, 0.3) is 6.08 Å². The van der Waals surface area contributed by atoms with Crippen LogP contribution < -0.4 is 0 Å². The van der Waals surface area contributed by atoms with Gasteiger partial charge >= 0.3 is 0 Å². The minimum Gasteiger partial charge on any atom is -0.298 e. The number of carbonyl (C=O) groups excluding carboxylic acids is 1. The molecule has 4 heteroatoms. The molecule has 3 nitrogen and oxygen atoms in total. The topological polar surface area (TPSA) is 51.2 Å². The fourth-order valence-electron chi connectivity index (χ4n) is 0.888. The molecule has 0 fully saturated rings. The molecule has 0 aromatic heterocycles. The molecule has 0 bridgehead atoms. The molecular weight excluding hydrogens is 200 g/mol. The third-order valence-electron chi connectivity index (χ3n) is 1.58. The Labute approximate surface area is 83.0 Å². The van der Waals surface area contributed by atoms with Crippen LogP contribution in [0.4, 0.5) is 0 Å². The van der Waals surface area contributed by atoms with Gasteiger partial charge in [-0.3, -0.25) is 4.79 Å². The van der Waals surface area contributed by atoms with Gasteiger partial charge in [0.2, 0.25) is 0 Å². The first-order valence-electron chi connectivity index (χ1n) is 3.95. The Morgan fingerprint density at radius 3 is 2.00 bits per heavy atom. The van der Waals surface area contributed by atoms with Crippen molar-refractivity contribution in [2.75, 3.05) is 6.26 Å². The van der Waals surface area contributed by atoms with Gasteiger partial charge in [-0.25, -0.2) is 8.42 Å². The maximum atomic E-state index is 10.8. The summed E-state index contributed by atoms with van der Waals surface area (Å²) in [6.07, 6.45) is 3.36. The minimum atomic E-state index is -3.09. The zero-order valence-corrected chi connectivity index (χ0v) is 8.49. The molecule has 0 saturated heterocycles. The van der Waals surface area contributed by atoms with E-state index in [1.54, 1.807) is 24.3 Å². The van der Waals surface area contributed by atoms with Gasteiger partial charge in [0.25, 0.3) is 0 Å². The second-order valence-electron chi connectivity index (χ2n) is 2.92. The summed E-state index contributed by atoms with van der Waals surface area (Å²) in [5, 5.41) is 1.13. The lowest BCUT2D eigenvalue weighted by molar-refractivity contribution is 0.112. The van der Waals surface area contributed by atoms with E-state index in [0.29, 0.717) is 5.56 Å². The molecule has 0 amide bonds. The summed E-state index contributed by atoms with van der Waals surface area (Å²) in [6.45, 7) is 0. The maximum Gasteiger partial charge on any atom is 0.168 e. The summed E-state index contributed by atoms with van der Waals surface area (Å²) in [6, 6.07) is 6.64. The van der Waals surface area contributed by atoms with Crippen LogP contribution in [0, 0.1) is 0 Å². The second kappa shape index (κ2) is 4.19. The fraction of sp³-hybridized carbons (Fsp3) is 0.100. The largest absolute Gasteiger partial charge is 0.298 e. The third kappa shape index (κ3) is 3.53. The summed E-state index contributed by atoms with van der Waals surface area (Å²) >= 11 is 0. The summed E-state index contributed by atoms with van der Waals surface area (Å²) in [4.78, 5) is 10.3. The lowest BCUT2D eigenvalue weighted by Crippen LogP contribution is -1.87. The molecule has 0 N–H and O–H groups in total. The van der Waals surface area contributed by atoms with E-state index in [-0.39, 0.29) is 0 Å². The number of hydrogen-bond acceptors (Lipinski definition) is 3. The maximum absolute atomic E-state index is 10.8. The van der Waals surface area contributed by atoms with Gasteiger partial charge in [-0.2, -0.15) is 0 Å². The van der Waals surface area contributed by atoms with Crippen molar-refractivity contribution in [3.05, 3.63) is 40.8 Å². The van der Waals surface area contributed by atoms with Crippen molar-refractivity contribution in [1.29, 1.82) is 0 Å². The van der Waals surface area contributed by atoms with Crippen LogP contribution in [0.5, 0.6) is 0 Å². The SMILES string of the molecule is CS(=O)(=O)/C=C/c1ccc(C=O)cc1. The zero-order chi connectivity index (χ0) is 10.6. The molecule has 1 aromatic carbocycles. The Hall–Kier alpha value is -1.42. The predicted molar refractivity (Wildman–Crippen MR) is 55.7 cm³/mol. The summed E-state index contributed by atoms with van der Waals surface area (Å²) in [5.74, 6) is 0. The molecule has 74 valence electrons. The van der Waals surface area contributed by atoms with E-state index in [4.69, 9.17) is 0 Å². The number of sulfone groups is 1. The molecule has 0 heterocycles. The smallest absolute Gasteiger partial charge is 0.168 e. The first-order chi connectivity index (χ1) is 6.51. The highest BCUT2D eigenvalue weighted by Gasteiger charge is 1.94. The summed E-state index contributed by atoms with van der Waals surface area (Å²) < 4.78 is 21.6. The van der Waals surface area contributed by atoms with Crippen molar-refractivity contribution in [3.63, 3.8) is 0 Å². The van der Waals surface area contributed by atoms with Gasteiger partial charge in [0.05, 0.1) is 0 Å². The molecular formula is C10H10O3S. The number of rotatable bonds is 3. The van der Waals surface area contributed by atoms with Crippen LogP contribution in [0.2, 0.25) is 0 Å². The van der Waals surface area contributed by atoms with Crippen LogP contribution >= 0.6 is 0 Å². The van der Waals surface area contributed by atoms with E-state index in [0.717, 1.165) is 23.5 Å². The highest BCUT2D eigenvalue weighted by atomic mass is 32.2. The fourth-order valence-corrected chi connectivity index (χ4v) is 1.29. The van der Waals surface area contributed by atoms with Gasteiger partial charge in [-0.05, 0) is 11.6 Å². The molecule has 14 heavy (non-hydrogen) atoms. The van der Waals surface area contributed by atoms with E-state index in [1.165, 1.54) is 6.08 Å². The normalized spacial score (nSPS) is 11.8. The Bertz CT molecular complexity index is 441. The first kappa shape index (κ1) is 10.7. The van der Waals surface area contributed by atoms with Gasteiger partial charge in [0, 0.05) is 17.2 Å². The molecule has 0 radical (unpaired) electrons. The highest BCUT2D eigenvalue weighted by Crippen LogP contribution is 2.05. The van der Waals surface area contributed by atoms with Crippen molar-refractivity contribution in [2.45, 2.75) is 0 Å². The standard InChI is InChI=1S/C10H10O3S/c1-14(12,13)7-6-9-2-4-10(8-11)5-3-9/h2-8H,1H3/b7-6+. The van der Waals surface area contributed by atoms with Crippen LogP contribution in [0.1, 0.15) is 15.9 Å².